The number of thioether (sulfide) groups is 1. The number of hydrogen-bond donors (Lipinski definition) is 1. The second-order valence-electron chi connectivity index (χ2n) is 11.9. The summed E-state index contributed by atoms with van der Waals surface area (Å²) in [5.41, 5.74) is 1.55. The molecule has 9 nitrogen and oxygen atoms in total. The van der Waals surface area contributed by atoms with E-state index in [2.05, 4.69) is 25.4 Å². The van der Waals surface area contributed by atoms with Crippen LogP contribution in [0.3, 0.4) is 0 Å². The predicted octanol–water partition coefficient (Wildman–Crippen LogP) is 5.30. The highest BCUT2D eigenvalue weighted by atomic mass is 32.2. The summed E-state index contributed by atoms with van der Waals surface area (Å²) in [7, 11) is 0. The van der Waals surface area contributed by atoms with E-state index in [4.69, 9.17) is 14.2 Å². The van der Waals surface area contributed by atoms with Crippen LogP contribution in [0.1, 0.15) is 70.4 Å². The monoisotopic (exact) mass is 605 g/mol. The summed E-state index contributed by atoms with van der Waals surface area (Å²) in [6.45, 7) is 13.8. The third kappa shape index (κ3) is 6.56. The van der Waals surface area contributed by atoms with Gasteiger partial charge in [0.1, 0.15) is 19.3 Å². The first-order chi connectivity index (χ1) is 19.2. The Bertz CT molecular complexity index is 1270. The molecule has 2 heterocycles. The van der Waals surface area contributed by atoms with E-state index in [0.717, 1.165) is 24.8 Å². The quantitative estimate of drug-likeness (QED) is 0.162. The average Bonchev–Trinajstić information content (AvgIpc) is 3.45. The number of carbonyl (C=O) groups excluding carboxylic acids is 3. The molecular weight excluding hydrogens is 566 g/mol. The van der Waals surface area contributed by atoms with Gasteiger partial charge in [0.15, 0.2) is 4.34 Å². The van der Waals surface area contributed by atoms with Crippen LogP contribution in [-0.4, -0.2) is 58.5 Å². The van der Waals surface area contributed by atoms with Gasteiger partial charge in [-0.1, -0.05) is 37.8 Å². The van der Waals surface area contributed by atoms with Gasteiger partial charge in [-0.3, -0.25) is 14.4 Å². The fourth-order valence-corrected chi connectivity index (χ4v) is 9.88. The Morgan fingerprint density at radius 2 is 2.00 bits per heavy atom. The molecule has 11 heteroatoms. The third-order valence-electron chi connectivity index (χ3n) is 9.19. The number of aliphatic carboxylic acids is 1. The lowest BCUT2D eigenvalue weighted by Crippen LogP contribution is -2.59. The summed E-state index contributed by atoms with van der Waals surface area (Å²) in [4.78, 5) is 53.3. The molecule has 0 aromatic carbocycles. The van der Waals surface area contributed by atoms with Crippen molar-refractivity contribution in [3.8, 4) is 0 Å². The molecule has 2 fully saturated rings. The topological polar surface area (TPSA) is 129 Å². The number of aryl methyl sites for hydroxylation is 1. The first kappa shape index (κ1) is 31.3. The van der Waals surface area contributed by atoms with Gasteiger partial charge in [0.2, 0.25) is 0 Å². The SMILES string of the molecule is C=C1CCC2[C@@](C)(CC[C@@H](OC(C)=O)[C@]2(C)COC(C)=O)[C@@H]1CC(Sc1nc(C)c(CC(=O)O)s1)C1=CCOC1=O. The smallest absolute Gasteiger partial charge is 0.335 e. The lowest BCUT2D eigenvalue weighted by atomic mass is 9.46. The van der Waals surface area contributed by atoms with Gasteiger partial charge in [0, 0.05) is 29.4 Å². The highest BCUT2D eigenvalue weighted by Gasteiger charge is 2.60. The Balaban J connectivity index is 1.67. The van der Waals surface area contributed by atoms with Crippen molar-refractivity contribution in [1.82, 2.24) is 4.98 Å². The molecule has 0 saturated heterocycles. The number of ether oxygens (including phenoxy) is 3. The van der Waals surface area contributed by atoms with Crippen molar-refractivity contribution in [2.24, 2.45) is 22.7 Å². The summed E-state index contributed by atoms with van der Waals surface area (Å²) in [6, 6.07) is 0. The van der Waals surface area contributed by atoms with Crippen LogP contribution in [0.2, 0.25) is 0 Å². The molecule has 2 saturated carbocycles. The lowest BCUT2D eigenvalue weighted by Gasteiger charge is -2.60. The van der Waals surface area contributed by atoms with E-state index < -0.39 is 11.4 Å². The molecule has 224 valence electrons. The molecule has 4 rings (SSSR count). The van der Waals surface area contributed by atoms with Crippen LogP contribution >= 0.6 is 23.1 Å². The molecule has 0 spiro atoms. The van der Waals surface area contributed by atoms with Crippen molar-refractivity contribution in [2.75, 3.05) is 13.2 Å². The number of nitrogens with zero attached hydrogens (tertiary/aromatic N) is 1. The molecule has 2 aliphatic carbocycles. The van der Waals surface area contributed by atoms with Crippen molar-refractivity contribution in [2.45, 2.75) is 88.8 Å². The van der Waals surface area contributed by atoms with E-state index in [9.17, 15) is 24.3 Å². The van der Waals surface area contributed by atoms with Crippen LogP contribution in [0.4, 0.5) is 0 Å². The summed E-state index contributed by atoms with van der Waals surface area (Å²) in [6.07, 6.45) is 4.98. The summed E-state index contributed by atoms with van der Waals surface area (Å²) < 4.78 is 17.4. The Kier molecular flexibility index (Phi) is 9.38. The van der Waals surface area contributed by atoms with Gasteiger partial charge in [-0.05, 0) is 62.4 Å². The number of carboxylic acid groups (broad SMARTS) is 1. The molecule has 1 N–H and O–H groups in total. The number of hydrogen-bond acceptors (Lipinski definition) is 10. The Morgan fingerprint density at radius 3 is 2.61 bits per heavy atom. The molecule has 1 aromatic rings. The van der Waals surface area contributed by atoms with Gasteiger partial charge in [0.05, 0.1) is 17.7 Å². The Morgan fingerprint density at radius 1 is 1.27 bits per heavy atom. The molecule has 0 amide bonds. The molecule has 2 unspecified atom stereocenters. The molecular formula is C30H39NO8S2. The van der Waals surface area contributed by atoms with Crippen LogP contribution in [-0.2, 0) is 39.8 Å². The first-order valence-electron chi connectivity index (χ1n) is 13.9. The van der Waals surface area contributed by atoms with Crippen molar-refractivity contribution >= 4 is 47.0 Å². The summed E-state index contributed by atoms with van der Waals surface area (Å²) >= 11 is 2.82. The van der Waals surface area contributed by atoms with Gasteiger partial charge in [-0.2, -0.15) is 0 Å². The van der Waals surface area contributed by atoms with E-state index in [1.54, 1.807) is 6.92 Å². The minimum atomic E-state index is -0.912. The maximum Gasteiger partial charge on any atom is 0.335 e. The zero-order chi connectivity index (χ0) is 30.1. The van der Waals surface area contributed by atoms with E-state index in [0.29, 0.717) is 33.3 Å². The fourth-order valence-electron chi connectivity index (χ4n) is 7.22. The van der Waals surface area contributed by atoms with Crippen LogP contribution < -0.4 is 0 Å². The summed E-state index contributed by atoms with van der Waals surface area (Å²) in [5, 5.41) is 9.02. The number of fused-ring (bicyclic) bond motifs is 1. The fraction of sp³-hybridized carbons (Fsp3) is 0.633. The van der Waals surface area contributed by atoms with E-state index >= 15 is 0 Å². The molecule has 0 bridgehead atoms. The Labute approximate surface area is 249 Å². The maximum absolute atomic E-state index is 12.8. The molecule has 1 aliphatic heterocycles. The van der Waals surface area contributed by atoms with E-state index in [-0.39, 0.29) is 66.1 Å². The van der Waals surface area contributed by atoms with E-state index in [1.165, 1.54) is 36.9 Å². The standard InChI is InChI=1S/C30H39NO8S2/c1-16-7-8-24-29(5,11-9-25(39-19(4)33)30(24,6)15-38-18(3)32)21(16)13-23(20-10-12-37-27(20)36)41-28-31-17(2)22(40-28)14-26(34)35/h10,21,23-25H,1,7-9,11-15H2,2-6H3,(H,34,35)/t21-,23?,24?,25-,29+,30-/m1/s1. The van der Waals surface area contributed by atoms with Crippen LogP contribution in [0, 0.1) is 29.6 Å². The highest BCUT2D eigenvalue weighted by Crippen LogP contribution is 2.63. The minimum absolute atomic E-state index is 0.0301. The zero-order valence-electron chi connectivity index (χ0n) is 24.3. The number of esters is 3. The first-order valence-corrected chi connectivity index (χ1v) is 15.6. The molecule has 41 heavy (non-hydrogen) atoms. The second kappa shape index (κ2) is 12.3. The minimum Gasteiger partial charge on any atom is -0.481 e. The van der Waals surface area contributed by atoms with Crippen LogP contribution in [0.15, 0.2) is 28.1 Å². The van der Waals surface area contributed by atoms with Crippen LogP contribution in [0.5, 0.6) is 0 Å². The van der Waals surface area contributed by atoms with Gasteiger partial charge in [-0.25, -0.2) is 9.78 Å². The average molecular weight is 606 g/mol. The summed E-state index contributed by atoms with van der Waals surface area (Å²) in [5.74, 6) is -1.88. The van der Waals surface area contributed by atoms with Gasteiger partial charge in [-0.15, -0.1) is 11.3 Å². The number of carboxylic acids is 1. The largest absolute Gasteiger partial charge is 0.481 e. The lowest BCUT2D eigenvalue weighted by molar-refractivity contribution is -0.191. The van der Waals surface area contributed by atoms with Crippen molar-refractivity contribution < 1.29 is 38.5 Å². The van der Waals surface area contributed by atoms with Gasteiger partial charge >= 0.3 is 23.9 Å². The normalized spacial score (nSPS) is 30.2. The van der Waals surface area contributed by atoms with E-state index in [1.807, 2.05) is 6.08 Å². The van der Waals surface area contributed by atoms with Gasteiger partial charge < -0.3 is 19.3 Å². The number of thiazole rings is 1. The third-order valence-corrected chi connectivity index (χ3v) is 11.7. The molecule has 1 aromatic heterocycles. The number of aromatic nitrogens is 1. The number of allylic oxidation sites excluding steroid dienone is 1. The van der Waals surface area contributed by atoms with Crippen molar-refractivity contribution in [1.29, 1.82) is 0 Å². The Hall–Kier alpha value is -2.66. The molecule has 3 aliphatic rings. The number of rotatable bonds is 10. The van der Waals surface area contributed by atoms with Crippen molar-refractivity contribution in [3.05, 3.63) is 34.4 Å². The zero-order valence-corrected chi connectivity index (χ0v) is 26.0. The van der Waals surface area contributed by atoms with Crippen LogP contribution in [0.25, 0.3) is 0 Å². The molecule has 6 atom stereocenters. The number of carbonyl (C=O) groups is 4. The highest BCUT2D eigenvalue weighted by molar-refractivity contribution is 8.01. The second-order valence-corrected chi connectivity index (χ2v) is 14.4. The predicted molar refractivity (Wildman–Crippen MR) is 154 cm³/mol. The van der Waals surface area contributed by atoms with Crippen molar-refractivity contribution in [3.63, 3.8) is 0 Å². The number of cyclic esters (lactones) is 1. The maximum atomic E-state index is 12.8. The van der Waals surface area contributed by atoms with Gasteiger partial charge in [0.25, 0.3) is 0 Å². The molecule has 0 radical (unpaired) electrons.